The van der Waals surface area contributed by atoms with E-state index in [0.29, 0.717) is 18.8 Å². The Hall–Kier alpha value is -2.33. The summed E-state index contributed by atoms with van der Waals surface area (Å²) in [5, 5.41) is 2.95. The zero-order valence-corrected chi connectivity index (χ0v) is 12.2. The molecule has 2 aromatic carbocycles. The maximum Gasteiger partial charge on any atom is 0.227 e. The first kappa shape index (κ1) is 15.1. The van der Waals surface area contributed by atoms with Gasteiger partial charge in [-0.15, -0.1) is 0 Å². The van der Waals surface area contributed by atoms with E-state index in [0.717, 1.165) is 16.7 Å². The van der Waals surface area contributed by atoms with Crippen molar-refractivity contribution in [3.05, 3.63) is 65.2 Å². The van der Waals surface area contributed by atoms with Crippen LogP contribution in [0.5, 0.6) is 0 Å². The van der Waals surface area contributed by atoms with Gasteiger partial charge in [-0.25, -0.2) is 0 Å². The van der Waals surface area contributed by atoms with Gasteiger partial charge in [0.05, 0.1) is 5.92 Å². The molecule has 0 aromatic heterocycles. The number of benzene rings is 2. The molecule has 0 aliphatic rings. The third-order valence-electron chi connectivity index (χ3n) is 3.56. The number of amides is 1. The first-order valence-corrected chi connectivity index (χ1v) is 7.01. The number of nitrogens with two attached hydrogens (primary N) is 2. The lowest BCUT2D eigenvalue weighted by Gasteiger charge is -2.13. The quantitative estimate of drug-likeness (QED) is 0.735. The van der Waals surface area contributed by atoms with Crippen LogP contribution < -0.4 is 16.8 Å². The minimum atomic E-state index is -0.200. The Morgan fingerprint density at radius 3 is 2.19 bits per heavy atom. The third-order valence-corrected chi connectivity index (χ3v) is 3.56. The van der Waals surface area contributed by atoms with Gasteiger partial charge in [0.1, 0.15) is 0 Å². The van der Waals surface area contributed by atoms with Gasteiger partial charge in [0.25, 0.3) is 0 Å². The van der Waals surface area contributed by atoms with Crippen LogP contribution >= 0.6 is 0 Å². The number of anilines is 1. The van der Waals surface area contributed by atoms with E-state index >= 15 is 0 Å². The number of hydrogen-bond acceptors (Lipinski definition) is 3. The summed E-state index contributed by atoms with van der Waals surface area (Å²) in [5.74, 6) is -0.198. The van der Waals surface area contributed by atoms with E-state index in [1.54, 1.807) is 0 Å². The molecule has 0 aliphatic carbocycles. The molecule has 0 saturated carbocycles. The topological polar surface area (TPSA) is 81.1 Å². The summed E-state index contributed by atoms with van der Waals surface area (Å²) >= 11 is 0. The number of nitrogens with one attached hydrogen (secondary N) is 1. The van der Waals surface area contributed by atoms with E-state index in [1.807, 2.05) is 55.5 Å². The van der Waals surface area contributed by atoms with Gasteiger partial charge in [0, 0.05) is 18.8 Å². The fourth-order valence-corrected chi connectivity index (χ4v) is 2.07. The highest BCUT2D eigenvalue weighted by molar-refractivity contribution is 5.83. The molecule has 0 fully saturated rings. The maximum atomic E-state index is 12.2. The van der Waals surface area contributed by atoms with Crippen LogP contribution in [0.3, 0.4) is 0 Å². The van der Waals surface area contributed by atoms with Crippen molar-refractivity contribution < 1.29 is 4.79 Å². The molecule has 1 amide bonds. The zero-order chi connectivity index (χ0) is 15.2. The number of carbonyl (C=O) groups is 1. The number of carbonyl (C=O) groups excluding carboxylic acids is 1. The van der Waals surface area contributed by atoms with E-state index in [1.165, 1.54) is 0 Å². The first-order valence-electron chi connectivity index (χ1n) is 7.01. The maximum absolute atomic E-state index is 12.2. The lowest BCUT2D eigenvalue weighted by molar-refractivity contribution is -0.122. The minimum Gasteiger partial charge on any atom is -0.399 e. The highest BCUT2D eigenvalue weighted by Gasteiger charge is 2.14. The average Bonchev–Trinajstić information content (AvgIpc) is 2.53. The summed E-state index contributed by atoms with van der Waals surface area (Å²) < 4.78 is 0. The van der Waals surface area contributed by atoms with Gasteiger partial charge in [0.2, 0.25) is 5.91 Å². The molecule has 21 heavy (non-hydrogen) atoms. The minimum absolute atomic E-state index is 0.00247. The summed E-state index contributed by atoms with van der Waals surface area (Å²) in [6.07, 6.45) is 0. The Morgan fingerprint density at radius 1 is 1.05 bits per heavy atom. The van der Waals surface area contributed by atoms with Crippen LogP contribution in [-0.4, -0.2) is 5.91 Å². The summed E-state index contributed by atoms with van der Waals surface area (Å²) in [4.78, 5) is 12.2. The molecular weight excluding hydrogens is 262 g/mol. The summed E-state index contributed by atoms with van der Waals surface area (Å²) in [7, 11) is 0. The molecule has 110 valence electrons. The zero-order valence-electron chi connectivity index (χ0n) is 12.2. The summed E-state index contributed by atoms with van der Waals surface area (Å²) in [6.45, 7) is 2.93. The van der Waals surface area contributed by atoms with E-state index in [2.05, 4.69) is 5.32 Å². The SMILES string of the molecule is CC(C(=O)NCc1ccc(CN)cc1)c1ccc(N)cc1. The molecule has 4 heteroatoms. The van der Waals surface area contributed by atoms with Crippen molar-refractivity contribution in [2.24, 2.45) is 5.73 Å². The van der Waals surface area contributed by atoms with E-state index in [-0.39, 0.29) is 11.8 Å². The molecule has 5 N–H and O–H groups in total. The van der Waals surface area contributed by atoms with Crippen LogP contribution in [-0.2, 0) is 17.9 Å². The molecule has 0 spiro atoms. The molecule has 4 nitrogen and oxygen atoms in total. The van der Waals surface area contributed by atoms with Gasteiger partial charge >= 0.3 is 0 Å². The van der Waals surface area contributed by atoms with Gasteiger partial charge < -0.3 is 16.8 Å². The predicted molar refractivity (Wildman–Crippen MR) is 85.4 cm³/mol. The van der Waals surface area contributed by atoms with Gasteiger partial charge in [-0.3, -0.25) is 4.79 Å². The second-order valence-electron chi connectivity index (χ2n) is 5.13. The lowest BCUT2D eigenvalue weighted by atomic mass is 10.00. The molecule has 0 heterocycles. The van der Waals surface area contributed by atoms with Crippen LogP contribution in [0.1, 0.15) is 29.5 Å². The highest BCUT2D eigenvalue weighted by atomic mass is 16.1. The largest absolute Gasteiger partial charge is 0.399 e. The third kappa shape index (κ3) is 4.07. The second kappa shape index (κ2) is 6.90. The average molecular weight is 283 g/mol. The molecule has 0 saturated heterocycles. The Balaban J connectivity index is 1.92. The summed E-state index contributed by atoms with van der Waals surface area (Å²) in [6, 6.07) is 15.3. The number of hydrogen-bond donors (Lipinski definition) is 3. The molecule has 0 radical (unpaired) electrons. The standard InChI is InChI=1S/C17H21N3O/c1-12(15-6-8-16(19)9-7-15)17(21)20-11-14-4-2-13(10-18)3-5-14/h2-9,12H,10-11,18-19H2,1H3,(H,20,21). The van der Waals surface area contributed by atoms with Gasteiger partial charge in [-0.05, 0) is 35.7 Å². The fraction of sp³-hybridized carbons (Fsp3) is 0.235. The van der Waals surface area contributed by atoms with E-state index < -0.39 is 0 Å². The van der Waals surface area contributed by atoms with Gasteiger partial charge in [0.15, 0.2) is 0 Å². The predicted octanol–water partition coefficient (Wildman–Crippen LogP) is 2.15. The molecule has 2 aromatic rings. The van der Waals surface area contributed by atoms with Crippen LogP contribution in [0.15, 0.2) is 48.5 Å². The molecule has 2 rings (SSSR count). The Bertz CT molecular complexity index is 590. The van der Waals surface area contributed by atoms with Crippen LogP contribution in [0, 0.1) is 0 Å². The Labute approximate surface area is 125 Å². The van der Waals surface area contributed by atoms with Crippen LogP contribution in [0.4, 0.5) is 5.69 Å². The van der Waals surface area contributed by atoms with Crippen molar-refractivity contribution in [2.45, 2.75) is 25.9 Å². The molecule has 0 aliphatic heterocycles. The molecular formula is C17H21N3O. The molecule has 1 atom stereocenters. The van der Waals surface area contributed by atoms with Crippen molar-refractivity contribution >= 4 is 11.6 Å². The van der Waals surface area contributed by atoms with Gasteiger partial charge in [-0.2, -0.15) is 0 Å². The Kier molecular flexibility index (Phi) is 4.95. The summed E-state index contributed by atoms with van der Waals surface area (Å²) in [5.41, 5.74) is 15.0. The van der Waals surface area contributed by atoms with E-state index in [4.69, 9.17) is 11.5 Å². The smallest absolute Gasteiger partial charge is 0.227 e. The van der Waals surface area contributed by atoms with Gasteiger partial charge in [-0.1, -0.05) is 36.4 Å². The van der Waals surface area contributed by atoms with Crippen molar-refractivity contribution in [1.82, 2.24) is 5.32 Å². The molecule has 0 bridgehead atoms. The van der Waals surface area contributed by atoms with E-state index in [9.17, 15) is 4.79 Å². The fourth-order valence-electron chi connectivity index (χ4n) is 2.07. The van der Waals surface area contributed by atoms with Crippen molar-refractivity contribution in [1.29, 1.82) is 0 Å². The monoisotopic (exact) mass is 283 g/mol. The van der Waals surface area contributed by atoms with Crippen LogP contribution in [0.25, 0.3) is 0 Å². The number of nitrogen functional groups attached to an aromatic ring is 1. The lowest BCUT2D eigenvalue weighted by Crippen LogP contribution is -2.27. The molecule has 1 unspecified atom stereocenters. The Morgan fingerprint density at radius 2 is 1.62 bits per heavy atom. The number of rotatable bonds is 5. The van der Waals surface area contributed by atoms with Crippen molar-refractivity contribution in [2.75, 3.05) is 5.73 Å². The normalized spacial score (nSPS) is 11.9. The first-order chi connectivity index (χ1) is 10.1. The van der Waals surface area contributed by atoms with Crippen molar-refractivity contribution in [3.8, 4) is 0 Å². The highest BCUT2D eigenvalue weighted by Crippen LogP contribution is 2.17. The van der Waals surface area contributed by atoms with Crippen LogP contribution in [0.2, 0.25) is 0 Å². The van der Waals surface area contributed by atoms with Crippen molar-refractivity contribution in [3.63, 3.8) is 0 Å². The second-order valence-corrected chi connectivity index (χ2v) is 5.13.